The van der Waals surface area contributed by atoms with Crippen LogP contribution in [0.25, 0.3) is 0 Å². The molecule has 134 valence electrons. The number of nitrogens with one attached hydrogen (secondary N) is 1. The van der Waals surface area contributed by atoms with Crippen LogP contribution in [0.3, 0.4) is 0 Å². The van der Waals surface area contributed by atoms with E-state index in [-0.39, 0.29) is 27.9 Å². The first-order valence-corrected chi connectivity index (χ1v) is 7.84. The Bertz CT molecular complexity index is 605. The minimum absolute atomic E-state index is 0.0240. The normalized spacial score (nSPS) is 10.8. The maximum atomic E-state index is 12.3. The lowest BCUT2D eigenvalue weighted by atomic mass is 10.1. The predicted octanol–water partition coefficient (Wildman–Crippen LogP) is 3.04. The minimum Gasteiger partial charge on any atom is -0.495 e. The van der Waals surface area contributed by atoms with E-state index in [0.29, 0.717) is 13.2 Å². The quantitative estimate of drug-likeness (QED) is 0.401. The average Bonchev–Trinajstić information content (AvgIpc) is 2.52. The number of nitrogens with zero attached hydrogens (tertiary/aromatic N) is 1. The van der Waals surface area contributed by atoms with Crippen molar-refractivity contribution in [2.75, 3.05) is 26.9 Å². The van der Waals surface area contributed by atoms with Crippen LogP contribution in [0.5, 0.6) is 5.75 Å². The van der Waals surface area contributed by atoms with Gasteiger partial charge in [-0.1, -0.05) is 23.2 Å². The number of amides is 1. The third-order valence-corrected chi connectivity index (χ3v) is 3.67. The lowest BCUT2D eigenvalue weighted by molar-refractivity contribution is -0.384. The van der Waals surface area contributed by atoms with Crippen LogP contribution >= 0.6 is 23.2 Å². The maximum Gasteiger partial charge on any atom is 0.310 e. The van der Waals surface area contributed by atoms with Crippen molar-refractivity contribution in [1.29, 1.82) is 0 Å². The molecule has 1 aromatic carbocycles. The summed E-state index contributed by atoms with van der Waals surface area (Å²) in [7, 11) is 1.28. The molecular formula is C14H18Cl2N2O6. The molecule has 24 heavy (non-hydrogen) atoms. The van der Waals surface area contributed by atoms with Gasteiger partial charge >= 0.3 is 5.69 Å². The van der Waals surface area contributed by atoms with E-state index in [1.165, 1.54) is 13.2 Å². The lowest BCUT2D eigenvalue weighted by Gasteiger charge is -2.18. The number of hydrogen-bond donors (Lipinski definition) is 1. The zero-order valence-corrected chi connectivity index (χ0v) is 14.9. The zero-order chi connectivity index (χ0) is 18.3. The molecule has 1 aromatic rings. The standard InChI is InChI=1S/C14H18Cl2N2O6/c1-4-23-10(24-5-2)7-17-14(19)8-6-9(22-3)12(16)13(11(8)15)18(20)21/h6,10H,4-5,7H2,1-3H3,(H,17,19). The third-order valence-electron chi connectivity index (χ3n) is 2.93. The van der Waals surface area contributed by atoms with Crippen molar-refractivity contribution >= 4 is 34.8 Å². The van der Waals surface area contributed by atoms with Crippen LogP contribution < -0.4 is 10.1 Å². The van der Waals surface area contributed by atoms with E-state index < -0.39 is 22.8 Å². The van der Waals surface area contributed by atoms with E-state index in [0.717, 1.165) is 0 Å². The second-order valence-electron chi connectivity index (χ2n) is 4.41. The number of carbonyl (C=O) groups excluding carboxylic acids is 1. The lowest BCUT2D eigenvalue weighted by Crippen LogP contribution is -2.35. The van der Waals surface area contributed by atoms with Gasteiger partial charge in [-0.2, -0.15) is 0 Å². The van der Waals surface area contributed by atoms with E-state index in [2.05, 4.69) is 5.32 Å². The van der Waals surface area contributed by atoms with Gasteiger partial charge in [-0.05, 0) is 19.9 Å². The highest BCUT2D eigenvalue weighted by Gasteiger charge is 2.28. The summed E-state index contributed by atoms with van der Waals surface area (Å²) in [6.45, 7) is 4.44. The Morgan fingerprint density at radius 2 is 1.88 bits per heavy atom. The molecule has 0 heterocycles. The molecule has 1 rings (SSSR count). The largest absolute Gasteiger partial charge is 0.495 e. The van der Waals surface area contributed by atoms with Crippen molar-refractivity contribution in [3.05, 3.63) is 31.8 Å². The first-order valence-electron chi connectivity index (χ1n) is 7.09. The van der Waals surface area contributed by atoms with E-state index >= 15 is 0 Å². The summed E-state index contributed by atoms with van der Waals surface area (Å²) in [5, 5.41) is 13.0. The molecule has 8 nitrogen and oxygen atoms in total. The smallest absolute Gasteiger partial charge is 0.310 e. The SMILES string of the molecule is CCOC(CNC(=O)c1cc(OC)c(Cl)c([N+](=O)[O-])c1Cl)OCC. The Hall–Kier alpha value is -1.61. The molecule has 0 saturated heterocycles. The van der Waals surface area contributed by atoms with Gasteiger partial charge in [0, 0.05) is 13.2 Å². The zero-order valence-electron chi connectivity index (χ0n) is 13.4. The molecule has 0 radical (unpaired) electrons. The molecule has 1 amide bonds. The first-order chi connectivity index (χ1) is 11.4. The Morgan fingerprint density at radius 3 is 2.33 bits per heavy atom. The Morgan fingerprint density at radius 1 is 1.29 bits per heavy atom. The highest BCUT2D eigenvalue weighted by Crippen LogP contribution is 2.41. The van der Waals surface area contributed by atoms with E-state index in [1.807, 2.05) is 0 Å². The Balaban J connectivity index is 3.06. The number of halogens is 2. The monoisotopic (exact) mass is 380 g/mol. The molecular weight excluding hydrogens is 363 g/mol. The van der Waals surface area contributed by atoms with Gasteiger partial charge in [-0.25, -0.2) is 0 Å². The van der Waals surface area contributed by atoms with E-state index in [4.69, 9.17) is 37.4 Å². The molecule has 0 aliphatic carbocycles. The van der Waals surface area contributed by atoms with Crippen molar-refractivity contribution in [3.8, 4) is 5.75 Å². The van der Waals surface area contributed by atoms with Crippen molar-refractivity contribution in [1.82, 2.24) is 5.32 Å². The summed E-state index contributed by atoms with van der Waals surface area (Å²) in [5.74, 6) is -0.661. The number of hydrogen-bond acceptors (Lipinski definition) is 6. The topological polar surface area (TPSA) is 99.9 Å². The fourth-order valence-electron chi connectivity index (χ4n) is 1.88. The molecule has 0 aromatic heterocycles. The highest BCUT2D eigenvalue weighted by molar-refractivity contribution is 6.41. The van der Waals surface area contributed by atoms with Gasteiger partial charge in [-0.3, -0.25) is 14.9 Å². The van der Waals surface area contributed by atoms with Crippen molar-refractivity contribution in [3.63, 3.8) is 0 Å². The third kappa shape index (κ3) is 4.94. The van der Waals surface area contributed by atoms with Gasteiger partial charge in [0.05, 0.1) is 24.1 Å². The number of methoxy groups -OCH3 is 1. The molecule has 0 aliphatic heterocycles. The van der Waals surface area contributed by atoms with Gasteiger partial charge in [0.1, 0.15) is 10.8 Å². The molecule has 0 bridgehead atoms. The van der Waals surface area contributed by atoms with Crippen LogP contribution in [-0.4, -0.2) is 44.0 Å². The number of nitro benzene ring substituents is 1. The van der Waals surface area contributed by atoms with Crippen LogP contribution in [0.4, 0.5) is 5.69 Å². The van der Waals surface area contributed by atoms with Crippen LogP contribution in [-0.2, 0) is 9.47 Å². The molecule has 1 N–H and O–H groups in total. The summed E-state index contributed by atoms with van der Waals surface area (Å²) >= 11 is 11.8. The fraction of sp³-hybridized carbons (Fsp3) is 0.500. The summed E-state index contributed by atoms with van der Waals surface area (Å²) in [5.41, 5.74) is -0.717. The molecule has 0 fully saturated rings. The minimum atomic E-state index is -0.771. The summed E-state index contributed by atoms with van der Waals surface area (Å²) in [6, 6.07) is 1.24. The molecule has 0 spiro atoms. The second kappa shape index (κ2) is 9.63. The van der Waals surface area contributed by atoms with Crippen LogP contribution in [0.1, 0.15) is 24.2 Å². The molecule has 0 atom stereocenters. The van der Waals surface area contributed by atoms with Crippen molar-refractivity contribution < 1.29 is 23.9 Å². The fourth-order valence-corrected chi connectivity index (χ4v) is 2.53. The molecule has 0 aliphatic rings. The molecule has 0 unspecified atom stereocenters. The average molecular weight is 381 g/mol. The van der Waals surface area contributed by atoms with Gasteiger partial charge in [-0.15, -0.1) is 0 Å². The Kier molecular flexibility index (Phi) is 8.20. The number of nitro groups is 1. The maximum absolute atomic E-state index is 12.3. The van der Waals surface area contributed by atoms with Gasteiger partial charge in [0.2, 0.25) is 0 Å². The number of ether oxygens (including phenoxy) is 3. The number of rotatable bonds is 9. The summed E-state index contributed by atoms with van der Waals surface area (Å²) < 4.78 is 15.6. The second-order valence-corrected chi connectivity index (χ2v) is 5.17. The number of carbonyl (C=O) groups is 1. The Labute approximate surface area is 149 Å². The predicted molar refractivity (Wildman–Crippen MR) is 89.0 cm³/mol. The van der Waals surface area contributed by atoms with Crippen molar-refractivity contribution in [2.24, 2.45) is 0 Å². The van der Waals surface area contributed by atoms with Crippen LogP contribution in [0, 0.1) is 10.1 Å². The van der Waals surface area contributed by atoms with Crippen molar-refractivity contribution in [2.45, 2.75) is 20.1 Å². The first kappa shape index (κ1) is 20.4. The van der Waals surface area contributed by atoms with Gasteiger partial charge in [0.25, 0.3) is 5.91 Å². The van der Waals surface area contributed by atoms with Crippen LogP contribution in [0.2, 0.25) is 10.0 Å². The van der Waals surface area contributed by atoms with E-state index in [1.54, 1.807) is 13.8 Å². The number of benzene rings is 1. The van der Waals surface area contributed by atoms with E-state index in [9.17, 15) is 14.9 Å². The van der Waals surface area contributed by atoms with Crippen LogP contribution in [0.15, 0.2) is 6.07 Å². The summed E-state index contributed by atoms with van der Waals surface area (Å²) in [4.78, 5) is 22.7. The van der Waals surface area contributed by atoms with Gasteiger partial charge in [0.15, 0.2) is 11.3 Å². The van der Waals surface area contributed by atoms with Gasteiger partial charge < -0.3 is 19.5 Å². The summed E-state index contributed by atoms with van der Waals surface area (Å²) in [6.07, 6.45) is -0.632. The molecule has 10 heteroatoms. The highest BCUT2D eigenvalue weighted by atomic mass is 35.5. The molecule has 0 saturated carbocycles.